The van der Waals surface area contributed by atoms with Crippen molar-refractivity contribution in [3.63, 3.8) is 0 Å². The molecule has 5 heteroatoms. The number of aryl methyl sites for hydroxylation is 1. The summed E-state index contributed by atoms with van der Waals surface area (Å²) in [5.74, 6) is 2.29. The highest BCUT2D eigenvalue weighted by Crippen LogP contribution is 2.33. The summed E-state index contributed by atoms with van der Waals surface area (Å²) < 4.78 is 34.6. The van der Waals surface area contributed by atoms with Crippen molar-refractivity contribution in [2.75, 3.05) is 19.7 Å². The van der Waals surface area contributed by atoms with E-state index in [9.17, 15) is 8.42 Å². The van der Waals surface area contributed by atoms with Crippen molar-refractivity contribution >= 4 is 9.84 Å². The minimum absolute atomic E-state index is 0.252. The lowest BCUT2D eigenvalue weighted by Crippen LogP contribution is -2.26. The van der Waals surface area contributed by atoms with Crippen LogP contribution in [0.5, 0.6) is 5.75 Å². The maximum absolute atomic E-state index is 12.1. The molecule has 0 amide bonds. The van der Waals surface area contributed by atoms with Gasteiger partial charge in [0.25, 0.3) is 0 Å². The van der Waals surface area contributed by atoms with E-state index in [-0.39, 0.29) is 12.0 Å². The lowest BCUT2D eigenvalue weighted by molar-refractivity contribution is 0.0511. The van der Waals surface area contributed by atoms with Crippen LogP contribution in [0.3, 0.4) is 0 Å². The van der Waals surface area contributed by atoms with Gasteiger partial charge in [-0.25, -0.2) is 8.42 Å². The SMILES string of the molecule is COCOc1cccc(CCC2CCC(CS(=O)(=O)C(C)C)CC2)c1. The van der Waals surface area contributed by atoms with Gasteiger partial charge < -0.3 is 9.47 Å². The fourth-order valence-electron chi connectivity index (χ4n) is 3.50. The Morgan fingerprint density at radius 3 is 2.44 bits per heavy atom. The Kier molecular flexibility index (Phi) is 7.76. The van der Waals surface area contributed by atoms with E-state index in [2.05, 4.69) is 12.1 Å². The molecule has 4 nitrogen and oxygen atoms in total. The smallest absolute Gasteiger partial charge is 0.188 e. The van der Waals surface area contributed by atoms with Crippen molar-refractivity contribution in [1.29, 1.82) is 0 Å². The summed E-state index contributed by atoms with van der Waals surface area (Å²) in [5, 5.41) is -0.252. The van der Waals surface area contributed by atoms with Crippen LogP contribution in [0.1, 0.15) is 51.5 Å². The molecule has 142 valence electrons. The number of benzene rings is 1. The summed E-state index contributed by atoms with van der Waals surface area (Å²) in [4.78, 5) is 0. The molecule has 0 heterocycles. The van der Waals surface area contributed by atoms with E-state index in [0.717, 1.165) is 44.3 Å². The van der Waals surface area contributed by atoms with Crippen LogP contribution in [0.25, 0.3) is 0 Å². The molecule has 0 unspecified atom stereocenters. The van der Waals surface area contributed by atoms with Crippen LogP contribution in [0.4, 0.5) is 0 Å². The van der Waals surface area contributed by atoms with Crippen LogP contribution in [0.2, 0.25) is 0 Å². The molecule has 1 fully saturated rings. The monoisotopic (exact) mass is 368 g/mol. The van der Waals surface area contributed by atoms with Gasteiger partial charge in [0, 0.05) is 7.11 Å². The zero-order chi connectivity index (χ0) is 18.3. The van der Waals surface area contributed by atoms with Gasteiger partial charge in [-0.3, -0.25) is 0 Å². The maximum Gasteiger partial charge on any atom is 0.188 e. The molecule has 1 aromatic rings. The minimum Gasteiger partial charge on any atom is -0.468 e. The number of rotatable bonds is 9. The summed E-state index contributed by atoms with van der Waals surface area (Å²) >= 11 is 0. The van der Waals surface area contributed by atoms with Crippen LogP contribution in [0.15, 0.2) is 24.3 Å². The van der Waals surface area contributed by atoms with E-state index in [4.69, 9.17) is 9.47 Å². The van der Waals surface area contributed by atoms with Crippen molar-refractivity contribution in [3.8, 4) is 5.75 Å². The molecule has 0 aromatic heterocycles. The molecular weight excluding hydrogens is 336 g/mol. The van der Waals surface area contributed by atoms with Gasteiger partial charge in [0.05, 0.1) is 11.0 Å². The van der Waals surface area contributed by atoms with Gasteiger partial charge in [-0.2, -0.15) is 0 Å². The maximum atomic E-state index is 12.1. The summed E-state index contributed by atoms with van der Waals surface area (Å²) in [6, 6.07) is 8.19. The molecule has 1 aliphatic carbocycles. The summed E-state index contributed by atoms with van der Waals surface area (Å²) in [6.07, 6.45) is 6.61. The zero-order valence-corrected chi connectivity index (χ0v) is 16.6. The highest BCUT2D eigenvalue weighted by atomic mass is 32.2. The molecule has 1 aromatic carbocycles. The topological polar surface area (TPSA) is 52.6 Å². The zero-order valence-electron chi connectivity index (χ0n) is 15.7. The molecule has 25 heavy (non-hydrogen) atoms. The number of sulfone groups is 1. The molecular formula is C20H32O4S. The van der Waals surface area contributed by atoms with Crippen molar-refractivity contribution in [1.82, 2.24) is 0 Å². The summed E-state index contributed by atoms with van der Waals surface area (Å²) in [6.45, 7) is 3.84. The quantitative estimate of drug-likeness (QED) is 0.612. The van der Waals surface area contributed by atoms with Crippen LogP contribution in [-0.4, -0.2) is 33.3 Å². The molecule has 0 saturated heterocycles. The predicted molar refractivity (Wildman–Crippen MR) is 102 cm³/mol. The van der Waals surface area contributed by atoms with Crippen molar-refractivity contribution in [2.24, 2.45) is 11.8 Å². The largest absolute Gasteiger partial charge is 0.468 e. The average molecular weight is 369 g/mol. The predicted octanol–water partition coefficient (Wildman–Crippen LogP) is 4.23. The van der Waals surface area contributed by atoms with Gasteiger partial charge in [-0.1, -0.05) is 25.0 Å². The van der Waals surface area contributed by atoms with Gasteiger partial charge >= 0.3 is 0 Å². The fraction of sp³-hybridized carbons (Fsp3) is 0.700. The van der Waals surface area contributed by atoms with Gasteiger partial charge in [0.15, 0.2) is 16.6 Å². The van der Waals surface area contributed by atoms with Gasteiger partial charge in [0.2, 0.25) is 0 Å². The van der Waals surface area contributed by atoms with Crippen LogP contribution in [0, 0.1) is 11.8 Å². The van der Waals surface area contributed by atoms with Crippen molar-refractivity contribution < 1.29 is 17.9 Å². The molecule has 1 saturated carbocycles. The first-order valence-corrected chi connectivity index (χ1v) is 11.0. The third-order valence-corrected chi connectivity index (χ3v) is 7.61. The number of methoxy groups -OCH3 is 1. The fourth-order valence-corrected chi connectivity index (χ4v) is 4.87. The molecule has 2 rings (SSSR count). The first-order valence-electron chi connectivity index (χ1n) is 9.33. The highest BCUT2D eigenvalue weighted by molar-refractivity contribution is 7.91. The van der Waals surface area contributed by atoms with Crippen LogP contribution < -0.4 is 4.74 Å². The Morgan fingerprint density at radius 2 is 1.80 bits per heavy atom. The lowest BCUT2D eigenvalue weighted by atomic mass is 9.80. The Hall–Kier alpha value is -1.07. The van der Waals surface area contributed by atoms with Gasteiger partial charge in [0.1, 0.15) is 5.75 Å². The molecule has 0 spiro atoms. The third-order valence-electron chi connectivity index (χ3n) is 5.24. The standard InChI is InChI=1S/C20H32O4S/c1-16(2)25(21,22)14-19-11-8-17(9-12-19)7-10-18-5-4-6-20(13-18)24-15-23-3/h4-6,13,16-17,19H,7-12,14-15H2,1-3H3. The minimum atomic E-state index is -2.91. The second kappa shape index (κ2) is 9.58. The molecule has 1 aliphatic rings. The second-order valence-electron chi connectivity index (χ2n) is 7.50. The van der Waals surface area contributed by atoms with E-state index >= 15 is 0 Å². The Balaban J connectivity index is 1.75. The third kappa shape index (κ3) is 6.63. The molecule has 0 N–H and O–H groups in total. The van der Waals surface area contributed by atoms with E-state index < -0.39 is 9.84 Å². The van der Waals surface area contributed by atoms with Gasteiger partial charge in [-0.15, -0.1) is 0 Å². The molecule has 0 bridgehead atoms. The van der Waals surface area contributed by atoms with Gasteiger partial charge in [-0.05, 0) is 69.1 Å². The number of hydrogen-bond donors (Lipinski definition) is 0. The Labute approximate surface area is 152 Å². The average Bonchev–Trinajstić information content (AvgIpc) is 2.59. The van der Waals surface area contributed by atoms with Crippen LogP contribution in [-0.2, 0) is 21.0 Å². The molecule has 0 radical (unpaired) electrons. The lowest BCUT2D eigenvalue weighted by Gasteiger charge is -2.28. The summed E-state index contributed by atoms with van der Waals surface area (Å²) in [7, 11) is -1.29. The van der Waals surface area contributed by atoms with Crippen LogP contribution >= 0.6 is 0 Å². The van der Waals surface area contributed by atoms with E-state index in [0.29, 0.717) is 17.6 Å². The Bertz CT molecular complexity index is 616. The van der Waals surface area contributed by atoms with Crippen molar-refractivity contribution in [2.45, 2.75) is 57.6 Å². The van der Waals surface area contributed by atoms with E-state index in [1.165, 1.54) is 5.56 Å². The molecule has 0 aliphatic heterocycles. The normalized spacial score (nSPS) is 21.4. The first kappa shape index (κ1) is 20.2. The number of ether oxygens (including phenoxy) is 2. The second-order valence-corrected chi connectivity index (χ2v) is 10.1. The number of hydrogen-bond acceptors (Lipinski definition) is 4. The first-order chi connectivity index (χ1) is 11.9. The van der Waals surface area contributed by atoms with Crippen molar-refractivity contribution in [3.05, 3.63) is 29.8 Å². The summed E-state index contributed by atoms with van der Waals surface area (Å²) in [5.41, 5.74) is 1.29. The van der Waals surface area contributed by atoms with E-state index in [1.807, 2.05) is 12.1 Å². The van der Waals surface area contributed by atoms with E-state index in [1.54, 1.807) is 21.0 Å². The highest BCUT2D eigenvalue weighted by Gasteiger charge is 2.27. The Morgan fingerprint density at radius 1 is 1.12 bits per heavy atom. The molecule has 0 atom stereocenters.